The summed E-state index contributed by atoms with van der Waals surface area (Å²) in [6.45, 7) is 0. The summed E-state index contributed by atoms with van der Waals surface area (Å²) < 4.78 is 9.10. The van der Waals surface area contributed by atoms with Crippen molar-refractivity contribution in [1.82, 2.24) is 0 Å². The average molecular weight is 720 g/mol. The highest BCUT2D eigenvalue weighted by molar-refractivity contribution is 7.25. The van der Waals surface area contributed by atoms with E-state index in [4.69, 9.17) is 4.42 Å². The summed E-state index contributed by atoms with van der Waals surface area (Å²) >= 11 is 1.85. The minimum Gasteiger partial charge on any atom is -0.456 e. The molecule has 11 aromatic rings. The van der Waals surface area contributed by atoms with Crippen LogP contribution in [0.1, 0.15) is 0 Å². The largest absolute Gasteiger partial charge is 0.456 e. The molecule has 9 aromatic carbocycles. The van der Waals surface area contributed by atoms with Crippen LogP contribution in [0.15, 0.2) is 205 Å². The lowest BCUT2D eigenvalue weighted by Gasteiger charge is -2.30. The Bertz CT molecular complexity index is 3240. The second kappa shape index (κ2) is 12.9. The molecule has 0 fully saturated rings. The Morgan fingerprint density at radius 3 is 1.80 bits per heavy atom. The van der Waals surface area contributed by atoms with E-state index in [1.54, 1.807) is 0 Å². The predicted molar refractivity (Wildman–Crippen MR) is 235 cm³/mol. The molecule has 0 amide bonds. The minimum absolute atomic E-state index is 0.863. The quantitative estimate of drug-likeness (QED) is 0.170. The maximum absolute atomic E-state index is 6.51. The van der Waals surface area contributed by atoms with Gasteiger partial charge < -0.3 is 9.32 Å². The van der Waals surface area contributed by atoms with E-state index in [-0.39, 0.29) is 0 Å². The molecule has 0 spiro atoms. The zero-order chi connectivity index (χ0) is 36.3. The van der Waals surface area contributed by atoms with Crippen molar-refractivity contribution in [2.75, 3.05) is 4.90 Å². The summed E-state index contributed by atoms with van der Waals surface area (Å²) in [5.74, 6) is 0. The van der Waals surface area contributed by atoms with Gasteiger partial charge in [-0.1, -0.05) is 146 Å². The number of furan rings is 1. The van der Waals surface area contributed by atoms with Gasteiger partial charge in [-0.25, -0.2) is 0 Å². The smallest absolute Gasteiger partial charge is 0.137 e. The molecule has 2 aromatic heterocycles. The monoisotopic (exact) mass is 719 g/mol. The molecule has 55 heavy (non-hydrogen) atoms. The number of hydrogen-bond donors (Lipinski definition) is 0. The summed E-state index contributed by atoms with van der Waals surface area (Å²) in [7, 11) is 0. The fourth-order valence-corrected chi connectivity index (χ4v) is 9.44. The average Bonchev–Trinajstić information content (AvgIpc) is 3.82. The van der Waals surface area contributed by atoms with Gasteiger partial charge in [-0.2, -0.15) is 0 Å². The normalized spacial score (nSPS) is 11.6. The van der Waals surface area contributed by atoms with E-state index in [0.29, 0.717) is 0 Å². The third-order valence-electron chi connectivity index (χ3n) is 10.9. The number of anilines is 3. The summed E-state index contributed by atoms with van der Waals surface area (Å²) in [6, 6.07) is 72.3. The van der Waals surface area contributed by atoms with Crippen molar-refractivity contribution in [2.45, 2.75) is 0 Å². The van der Waals surface area contributed by atoms with Crippen LogP contribution in [0.2, 0.25) is 0 Å². The van der Waals surface area contributed by atoms with E-state index in [1.807, 2.05) is 23.5 Å². The summed E-state index contributed by atoms with van der Waals surface area (Å²) in [6.07, 6.45) is 0. The summed E-state index contributed by atoms with van der Waals surface area (Å²) in [4.78, 5) is 2.42. The van der Waals surface area contributed by atoms with E-state index >= 15 is 0 Å². The molecule has 258 valence electrons. The fourth-order valence-electron chi connectivity index (χ4n) is 8.29. The van der Waals surface area contributed by atoms with Gasteiger partial charge in [-0.3, -0.25) is 0 Å². The molecule has 0 saturated carbocycles. The summed E-state index contributed by atoms with van der Waals surface area (Å²) in [5, 5.41) is 7.30. The number of fused-ring (bicyclic) bond motifs is 7. The lowest BCUT2D eigenvalue weighted by Crippen LogP contribution is -2.12. The van der Waals surface area contributed by atoms with Crippen LogP contribution in [0.3, 0.4) is 0 Å². The lowest BCUT2D eigenvalue weighted by molar-refractivity contribution is 0.669. The predicted octanol–water partition coefficient (Wildman–Crippen LogP) is 15.6. The Hall–Kier alpha value is -6.94. The molecule has 2 nitrogen and oxygen atoms in total. The van der Waals surface area contributed by atoms with Crippen molar-refractivity contribution in [3.05, 3.63) is 200 Å². The van der Waals surface area contributed by atoms with E-state index in [0.717, 1.165) is 50.1 Å². The van der Waals surface area contributed by atoms with Crippen LogP contribution >= 0.6 is 11.3 Å². The molecule has 0 aliphatic heterocycles. The molecule has 3 heteroatoms. The van der Waals surface area contributed by atoms with E-state index in [1.165, 1.54) is 53.2 Å². The highest BCUT2D eigenvalue weighted by atomic mass is 32.1. The van der Waals surface area contributed by atoms with Gasteiger partial charge in [0.2, 0.25) is 0 Å². The molecule has 0 aliphatic rings. The minimum atomic E-state index is 0.863. The molecule has 0 saturated heterocycles. The molecule has 0 bridgehead atoms. The third kappa shape index (κ3) is 5.32. The first-order valence-corrected chi connectivity index (χ1v) is 19.5. The highest BCUT2D eigenvalue weighted by Gasteiger charge is 2.23. The van der Waals surface area contributed by atoms with Crippen molar-refractivity contribution in [1.29, 1.82) is 0 Å². The van der Waals surface area contributed by atoms with Gasteiger partial charge in [0.1, 0.15) is 11.2 Å². The maximum Gasteiger partial charge on any atom is 0.137 e. The zero-order valence-electron chi connectivity index (χ0n) is 29.8. The van der Waals surface area contributed by atoms with Gasteiger partial charge in [-0.05, 0) is 81.6 Å². The Morgan fingerprint density at radius 2 is 0.927 bits per heavy atom. The van der Waals surface area contributed by atoms with E-state index in [2.05, 4.69) is 193 Å². The molecule has 2 heterocycles. The molecular weight excluding hydrogens is 687 g/mol. The number of thiophene rings is 1. The molecule has 0 unspecified atom stereocenters. The Labute approximate surface area is 322 Å². The van der Waals surface area contributed by atoms with Crippen LogP contribution in [-0.4, -0.2) is 0 Å². The first-order valence-electron chi connectivity index (χ1n) is 18.7. The topological polar surface area (TPSA) is 16.4 Å². The first kappa shape index (κ1) is 31.6. The Morgan fingerprint density at radius 1 is 0.345 bits per heavy atom. The second-order valence-electron chi connectivity index (χ2n) is 14.1. The van der Waals surface area contributed by atoms with Crippen LogP contribution in [0, 0.1) is 0 Å². The molecule has 0 atom stereocenters. The number of para-hydroxylation sites is 3. The maximum atomic E-state index is 6.51. The van der Waals surface area contributed by atoms with Crippen LogP contribution in [0.4, 0.5) is 17.1 Å². The van der Waals surface area contributed by atoms with Crippen molar-refractivity contribution >= 4 is 81.3 Å². The Balaban J connectivity index is 1.14. The van der Waals surface area contributed by atoms with Crippen molar-refractivity contribution in [3.63, 3.8) is 0 Å². The highest BCUT2D eigenvalue weighted by Crippen LogP contribution is 2.48. The number of nitrogens with zero attached hydrogens (tertiary/aromatic N) is 1. The van der Waals surface area contributed by atoms with Gasteiger partial charge in [-0.15, -0.1) is 11.3 Å². The lowest BCUT2D eigenvalue weighted by atomic mass is 9.91. The van der Waals surface area contributed by atoms with E-state index in [9.17, 15) is 0 Å². The van der Waals surface area contributed by atoms with Gasteiger partial charge in [0, 0.05) is 53.8 Å². The van der Waals surface area contributed by atoms with Gasteiger partial charge in [0.05, 0.1) is 11.4 Å². The molecule has 11 rings (SSSR count). The zero-order valence-corrected chi connectivity index (χ0v) is 30.6. The van der Waals surface area contributed by atoms with E-state index < -0.39 is 0 Å². The van der Waals surface area contributed by atoms with Crippen molar-refractivity contribution in [3.8, 4) is 33.4 Å². The van der Waals surface area contributed by atoms with Gasteiger partial charge >= 0.3 is 0 Å². The van der Waals surface area contributed by atoms with Crippen LogP contribution in [-0.2, 0) is 0 Å². The molecule has 0 aliphatic carbocycles. The fraction of sp³-hybridized carbons (Fsp3) is 0. The van der Waals surface area contributed by atoms with Crippen LogP contribution in [0.5, 0.6) is 0 Å². The van der Waals surface area contributed by atoms with Gasteiger partial charge in [0.25, 0.3) is 0 Å². The number of benzene rings is 9. The summed E-state index contributed by atoms with van der Waals surface area (Å²) in [5.41, 5.74) is 12.0. The number of hydrogen-bond acceptors (Lipinski definition) is 3. The standard InChI is InChI=1S/C52H33NOS/c1-2-14-35-31-36(26-25-34(35)13-1)39-15-3-4-17-41(39)42-18-6-10-22-48(42)53(38-28-30-44-43-19-7-11-23-49(43)54-50(44)33-38)47-21-9-5-16-40(47)37-27-29-46-45-20-8-12-24-51(45)55-52(46)32-37/h1-33H. The first-order chi connectivity index (χ1) is 27.3. The Kier molecular flexibility index (Phi) is 7.39. The third-order valence-corrected chi connectivity index (χ3v) is 12.0. The number of rotatable bonds is 6. The van der Waals surface area contributed by atoms with Crippen molar-refractivity contribution < 1.29 is 4.42 Å². The SMILES string of the molecule is c1ccc(-c2ccccc2N(c2ccc3c(c2)oc2ccccc23)c2ccccc2-c2ccc3c(c2)sc2ccccc23)c(-c2ccc3ccccc3c2)c1. The van der Waals surface area contributed by atoms with Gasteiger partial charge in [0.15, 0.2) is 0 Å². The van der Waals surface area contributed by atoms with Crippen LogP contribution < -0.4 is 4.90 Å². The van der Waals surface area contributed by atoms with Crippen molar-refractivity contribution in [2.24, 2.45) is 0 Å². The molecular formula is C52H33NOS. The molecule has 0 radical (unpaired) electrons. The van der Waals surface area contributed by atoms with Crippen LogP contribution in [0.25, 0.3) is 86.3 Å². The molecule has 0 N–H and O–H groups in total. The second-order valence-corrected chi connectivity index (χ2v) is 15.1.